The van der Waals surface area contributed by atoms with Crippen molar-refractivity contribution in [3.63, 3.8) is 0 Å². The average molecular weight is 788 g/mol. The maximum atomic E-state index is 16.2. The predicted molar refractivity (Wildman–Crippen MR) is 215 cm³/mol. The summed E-state index contributed by atoms with van der Waals surface area (Å²) in [6, 6.07) is 13.4. The van der Waals surface area contributed by atoms with Gasteiger partial charge in [-0.15, -0.1) is 0 Å². The number of anilines is 1. The average Bonchev–Trinajstić information content (AvgIpc) is 3.45. The minimum absolute atomic E-state index is 0.0147. The molecule has 2 fully saturated rings. The molecular formula is C43H42FN7O7. The number of imide groups is 1. The van der Waals surface area contributed by atoms with Crippen LogP contribution in [0.3, 0.4) is 0 Å². The fourth-order valence-electron chi connectivity index (χ4n) is 8.74. The number of para-hydroxylation sites is 1. The molecule has 3 aromatic heterocycles. The van der Waals surface area contributed by atoms with Gasteiger partial charge < -0.3 is 24.0 Å². The number of carbonyl (C=O) groups is 2. The molecule has 58 heavy (non-hydrogen) atoms. The predicted octanol–water partition coefficient (Wildman–Crippen LogP) is 4.15. The molecule has 3 aliphatic heterocycles. The molecule has 298 valence electrons. The van der Waals surface area contributed by atoms with Crippen molar-refractivity contribution < 1.29 is 28.6 Å². The SMILES string of the molecule is COc1cc(-c2cn(C)c(=O)c3cnc(N4CC(OC)C4)cc23)cc(O)c1CN1CCc2cc(-c3cccc4c3n(C)c(=O)n4C3CCC(=O)NC3=O)cc(F)c2C1. The first-order valence-electron chi connectivity index (χ1n) is 19.2. The summed E-state index contributed by atoms with van der Waals surface area (Å²) in [6.07, 6.45) is 4.36. The number of ether oxygens (including phenoxy) is 2. The standard InChI is InChI=1S/C43H42FN7O7/c1-47-20-30(28-16-38(45-17-29(28)42(47)55)50-18-26(19-50)57-3)25-14-36(52)32(37(15-25)58-4)22-49-11-10-23-12-24(13-33(44)31(23)21-49)27-6-5-7-34-40(27)48(2)43(56)51(34)35-8-9-39(53)46-41(35)54/h5-7,12-17,20,26,35,52H,8-11,18-19,21-22H2,1-4H3,(H,46,53,54). The van der Waals surface area contributed by atoms with Gasteiger partial charge in [0.25, 0.3) is 5.56 Å². The number of pyridine rings is 2. The number of nitrogens with one attached hydrogen (secondary N) is 1. The molecule has 6 heterocycles. The number of hydrogen-bond acceptors (Lipinski definition) is 10. The van der Waals surface area contributed by atoms with Crippen molar-refractivity contribution in [1.29, 1.82) is 0 Å². The summed E-state index contributed by atoms with van der Waals surface area (Å²) in [7, 11) is 6.54. The number of phenolic OH excluding ortho intramolecular Hbond substituents is 1. The molecule has 2 saturated heterocycles. The third-order valence-electron chi connectivity index (χ3n) is 12.0. The molecule has 0 aliphatic carbocycles. The first-order chi connectivity index (χ1) is 27.9. The lowest BCUT2D eigenvalue weighted by Crippen LogP contribution is -2.52. The number of methoxy groups -OCH3 is 2. The van der Waals surface area contributed by atoms with Gasteiger partial charge in [0.2, 0.25) is 11.8 Å². The van der Waals surface area contributed by atoms with Crippen molar-refractivity contribution in [2.45, 2.75) is 44.5 Å². The first kappa shape index (κ1) is 37.3. The number of rotatable bonds is 8. The summed E-state index contributed by atoms with van der Waals surface area (Å²) in [5.74, 6) is -0.0606. The Kier molecular flexibility index (Phi) is 9.16. The molecule has 1 atom stereocenters. The third kappa shape index (κ3) is 6.12. The lowest BCUT2D eigenvalue weighted by molar-refractivity contribution is -0.135. The van der Waals surface area contributed by atoms with Crippen LogP contribution >= 0.6 is 0 Å². The molecule has 14 nitrogen and oxygen atoms in total. The van der Waals surface area contributed by atoms with Crippen LogP contribution in [0.4, 0.5) is 10.2 Å². The minimum Gasteiger partial charge on any atom is -0.507 e. The van der Waals surface area contributed by atoms with Crippen molar-refractivity contribution in [2.24, 2.45) is 14.1 Å². The van der Waals surface area contributed by atoms with Gasteiger partial charge in [-0.3, -0.25) is 33.7 Å². The largest absolute Gasteiger partial charge is 0.507 e. The van der Waals surface area contributed by atoms with Crippen LogP contribution in [0, 0.1) is 5.82 Å². The van der Waals surface area contributed by atoms with Crippen LogP contribution < -0.4 is 26.2 Å². The normalized spacial score (nSPS) is 17.5. The highest BCUT2D eigenvalue weighted by Gasteiger charge is 2.33. The van der Waals surface area contributed by atoms with Crippen molar-refractivity contribution in [3.05, 3.63) is 104 Å². The van der Waals surface area contributed by atoms with Crippen LogP contribution in [0.5, 0.6) is 11.5 Å². The number of hydrogen-bond donors (Lipinski definition) is 2. The fourth-order valence-corrected chi connectivity index (χ4v) is 8.74. The summed E-state index contributed by atoms with van der Waals surface area (Å²) in [4.78, 5) is 60.0. The molecule has 3 aromatic carbocycles. The zero-order chi connectivity index (χ0) is 40.6. The number of aryl methyl sites for hydroxylation is 2. The van der Waals surface area contributed by atoms with Crippen molar-refractivity contribution in [3.8, 4) is 33.8 Å². The minimum atomic E-state index is -0.830. The maximum absolute atomic E-state index is 16.2. The summed E-state index contributed by atoms with van der Waals surface area (Å²) >= 11 is 0. The van der Waals surface area contributed by atoms with Crippen LogP contribution in [0.1, 0.15) is 35.6 Å². The Labute approximate surface area is 331 Å². The van der Waals surface area contributed by atoms with E-state index in [9.17, 15) is 24.3 Å². The topological polar surface area (TPSA) is 153 Å². The quantitative estimate of drug-likeness (QED) is 0.215. The lowest BCUT2D eigenvalue weighted by atomic mass is 9.93. The number of aromatic hydroxyl groups is 1. The van der Waals surface area contributed by atoms with Crippen molar-refractivity contribution >= 4 is 39.4 Å². The molecule has 2 N–H and O–H groups in total. The number of nitrogens with zero attached hydrogens (tertiary/aromatic N) is 6. The second-order valence-electron chi connectivity index (χ2n) is 15.4. The van der Waals surface area contributed by atoms with Gasteiger partial charge in [0, 0.05) is 100 Å². The molecule has 2 amide bonds. The number of aromatic nitrogens is 4. The molecule has 0 radical (unpaired) electrons. The van der Waals surface area contributed by atoms with E-state index < -0.39 is 17.6 Å². The number of piperidine rings is 1. The number of benzene rings is 3. The van der Waals surface area contributed by atoms with E-state index >= 15 is 4.39 Å². The number of phenols is 1. The van der Waals surface area contributed by atoms with Gasteiger partial charge in [-0.1, -0.05) is 18.2 Å². The third-order valence-corrected chi connectivity index (χ3v) is 12.0. The summed E-state index contributed by atoms with van der Waals surface area (Å²) in [6.45, 7) is 2.57. The van der Waals surface area contributed by atoms with E-state index in [-0.39, 0.29) is 42.0 Å². The van der Waals surface area contributed by atoms with Crippen LogP contribution in [0.25, 0.3) is 44.1 Å². The molecule has 9 rings (SSSR count). The van der Waals surface area contributed by atoms with Crippen molar-refractivity contribution in [1.82, 2.24) is 28.9 Å². The highest BCUT2D eigenvalue weighted by molar-refractivity contribution is 6.01. The summed E-state index contributed by atoms with van der Waals surface area (Å²) < 4.78 is 31.9. The van der Waals surface area contributed by atoms with Crippen LogP contribution in [-0.2, 0) is 47.9 Å². The monoisotopic (exact) mass is 787 g/mol. The molecule has 0 spiro atoms. The van der Waals surface area contributed by atoms with E-state index in [1.165, 1.54) is 19.8 Å². The van der Waals surface area contributed by atoms with E-state index in [1.807, 2.05) is 24.3 Å². The van der Waals surface area contributed by atoms with E-state index in [4.69, 9.17) is 9.47 Å². The van der Waals surface area contributed by atoms with Gasteiger partial charge in [-0.2, -0.15) is 0 Å². The fraction of sp³-hybridized carbons (Fsp3) is 0.326. The smallest absolute Gasteiger partial charge is 0.329 e. The molecule has 3 aliphatic rings. The summed E-state index contributed by atoms with van der Waals surface area (Å²) in [5, 5.41) is 15.0. The number of halogens is 1. The molecule has 0 bridgehead atoms. The van der Waals surface area contributed by atoms with E-state index in [2.05, 4.69) is 20.1 Å². The van der Waals surface area contributed by atoms with Crippen molar-refractivity contribution in [2.75, 3.05) is 38.8 Å². The molecule has 15 heteroatoms. The highest BCUT2D eigenvalue weighted by Crippen LogP contribution is 2.40. The lowest BCUT2D eigenvalue weighted by Gasteiger charge is -2.39. The van der Waals surface area contributed by atoms with E-state index in [1.54, 1.807) is 58.9 Å². The highest BCUT2D eigenvalue weighted by atomic mass is 19.1. The number of carbonyl (C=O) groups excluding carboxylic acids is 2. The molecule has 1 unspecified atom stereocenters. The Balaban J connectivity index is 1.00. The second kappa shape index (κ2) is 14.3. The Morgan fingerprint density at radius 1 is 0.966 bits per heavy atom. The number of amides is 2. The Morgan fingerprint density at radius 3 is 2.52 bits per heavy atom. The maximum Gasteiger partial charge on any atom is 0.329 e. The van der Waals surface area contributed by atoms with Gasteiger partial charge in [-0.25, -0.2) is 14.2 Å². The molecule has 6 aromatic rings. The summed E-state index contributed by atoms with van der Waals surface area (Å²) in [5.41, 5.74) is 5.14. The van der Waals surface area contributed by atoms with Gasteiger partial charge >= 0.3 is 5.69 Å². The Morgan fingerprint density at radius 2 is 1.76 bits per heavy atom. The zero-order valence-electron chi connectivity index (χ0n) is 32.5. The number of fused-ring (bicyclic) bond motifs is 3. The van der Waals surface area contributed by atoms with E-state index in [0.717, 1.165) is 16.9 Å². The Hall–Kier alpha value is -6.32. The Bertz CT molecular complexity index is 2820. The van der Waals surface area contributed by atoms with E-state index in [0.29, 0.717) is 94.5 Å². The van der Waals surface area contributed by atoms with Gasteiger partial charge in [-0.05, 0) is 59.9 Å². The van der Waals surface area contributed by atoms with Gasteiger partial charge in [0.1, 0.15) is 29.2 Å². The molecular weight excluding hydrogens is 746 g/mol. The van der Waals surface area contributed by atoms with Crippen LogP contribution in [-0.4, -0.2) is 80.5 Å². The van der Waals surface area contributed by atoms with Crippen LogP contribution in [0.2, 0.25) is 0 Å². The first-order valence-corrected chi connectivity index (χ1v) is 19.2. The van der Waals surface area contributed by atoms with Gasteiger partial charge in [0.15, 0.2) is 0 Å². The van der Waals surface area contributed by atoms with Crippen LogP contribution in [0.15, 0.2) is 70.5 Å². The van der Waals surface area contributed by atoms with Gasteiger partial charge in [0.05, 0.1) is 29.6 Å². The second-order valence-corrected chi connectivity index (χ2v) is 15.4. The molecule has 0 saturated carbocycles. The number of imidazole rings is 1. The zero-order valence-corrected chi connectivity index (χ0v) is 32.5.